The van der Waals surface area contributed by atoms with Crippen molar-refractivity contribution < 1.29 is 13.9 Å². The standard InChI is InChI=1S/C22H19Cl2FN6O2/c23-15-3-6-19(18(24)9-15)33-12-20(32)26-7-8-31-22-17(11-30-31)21(28-13-29-22)27-10-14-1-4-16(25)5-2-14/h1-6,9,11,13H,7-8,10,12H2,(H,26,32)(H,27,28,29). The highest BCUT2D eigenvalue weighted by molar-refractivity contribution is 6.35. The van der Waals surface area contributed by atoms with Crippen molar-refractivity contribution in [3.8, 4) is 5.75 Å². The summed E-state index contributed by atoms with van der Waals surface area (Å²) in [6.45, 7) is 1.03. The van der Waals surface area contributed by atoms with Crippen molar-refractivity contribution in [2.24, 2.45) is 0 Å². The molecule has 0 aliphatic heterocycles. The molecule has 0 spiro atoms. The first-order chi connectivity index (χ1) is 16.0. The van der Waals surface area contributed by atoms with Gasteiger partial charge in [-0.25, -0.2) is 19.0 Å². The van der Waals surface area contributed by atoms with Crippen molar-refractivity contribution in [2.45, 2.75) is 13.1 Å². The topological polar surface area (TPSA) is 94.0 Å². The molecule has 0 unspecified atom stereocenters. The molecule has 2 N–H and O–H groups in total. The Hall–Kier alpha value is -3.43. The summed E-state index contributed by atoms with van der Waals surface area (Å²) < 4.78 is 20.2. The van der Waals surface area contributed by atoms with Crippen LogP contribution in [0.15, 0.2) is 55.0 Å². The summed E-state index contributed by atoms with van der Waals surface area (Å²) in [7, 11) is 0. The van der Waals surface area contributed by atoms with Crippen molar-refractivity contribution in [1.29, 1.82) is 0 Å². The van der Waals surface area contributed by atoms with Crippen molar-refractivity contribution in [2.75, 3.05) is 18.5 Å². The molecule has 0 bridgehead atoms. The highest BCUT2D eigenvalue weighted by Crippen LogP contribution is 2.27. The second kappa shape index (κ2) is 10.5. The fraction of sp³-hybridized carbons (Fsp3) is 0.182. The smallest absolute Gasteiger partial charge is 0.258 e. The van der Waals surface area contributed by atoms with Crippen LogP contribution in [0.3, 0.4) is 0 Å². The number of benzene rings is 2. The zero-order chi connectivity index (χ0) is 23.2. The van der Waals surface area contributed by atoms with Gasteiger partial charge in [0.15, 0.2) is 12.3 Å². The van der Waals surface area contributed by atoms with Gasteiger partial charge in [0, 0.05) is 18.1 Å². The minimum absolute atomic E-state index is 0.180. The van der Waals surface area contributed by atoms with Crippen molar-refractivity contribution in [1.82, 2.24) is 25.1 Å². The molecule has 8 nitrogen and oxygen atoms in total. The third-order valence-corrected chi connectivity index (χ3v) is 5.24. The normalized spacial score (nSPS) is 10.9. The molecule has 0 saturated heterocycles. The highest BCUT2D eigenvalue weighted by Gasteiger charge is 2.11. The van der Waals surface area contributed by atoms with Gasteiger partial charge in [-0.15, -0.1) is 0 Å². The van der Waals surface area contributed by atoms with E-state index in [9.17, 15) is 9.18 Å². The Labute approximate surface area is 198 Å². The predicted molar refractivity (Wildman–Crippen MR) is 124 cm³/mol. The van der Waals surface area contributed by atoms with Gasteiger partial charge in [0.05, 0.1) is 23.2 Å². The Balaban J connectivity index is 1.30. The number of hydrogen-bond donors (Lipinski definition) is 2. The van der Waals surface area contributed by atoms with E-state index in [0.29, 0.717) is 46.9 Å². The van der Waals surface area contributed by atoms with E-state index in [1.165, 1.54) is 18.5 Å². The zero-order valence-electron chi connectivity index (χ0n) is 17.3. The number of anilines is 1. The molecule has 0 aliphatic carbocycles. The number of halogens is 3. The molecule has 33 heavy (non-hydrogen) atoms. The minimum atomic E-state index is -0.297. The maximum absolute atomic E-state index is 13.1. The first-order valence-electron chi connectivity index (χ1n) is 9.99. The molecule has 2 aromatic heterocycles. The van der Waals surface area contributed by atoms with Crippen LogP contribution in [0.5, 0.6) is 5.75 Å². The molecular weight excluding hydrogens is 470 g/mol. The van der Waals surface area contributed by atoms with Crippen LogP contribution in [0, 0.1) is 5.82 Å². The van der Waals surface area contributed by atoms with Gasteiger partial charge in [-0.2, -0.15) is 5.10 Å². The van der Waals surface area contributed by atoms with Crippen molar-refractivity contribution in [3.63, 3.8) is 0 Å². The quantitative estimate of drug-likeness (QED) is 0.368. The number of carbonyl (C=O) groups is 1. The zero-order valence-corrected chi connectivity index (χ0v) is 18.8. The molecule has 11 heteroatoms. The number of carbonyl (C=O) groups excluding carboxylic acids is 1. The Morgan fingerprint density at radius 3 is 2.73 bits per heavy atom. The largest absolute Gasteiger partial charge is 0.482 e. The van der Waals surface area contributed by atoms with Gasteiger partial charge in [0.1, 0.15) is 23.7 Å². The van der Waals surface area contributed by atoms with Crippen LogP contribution in [0.25, 0.3) is 11.0 Å². The number of hydrogen-bond acceptors (Lipinski definition) is 6. The summed E-state index contributed by atoms with van der Waals surface area (Å²) in [6, 6.07) is 11.0. The van der Waals surface area contributed by atoms with Gasteiger partial charge in [0.2, 0.25) is 0 Å². The van der Waals surface area contributed by atoms with Crippen LogP contribution in [-0.4, -0.2) is 38.8 Å². The molecule has 2 aromatic carbocycles. The number of aromatic nitrogens is 4. The summed E-state index contributed by atoms with van der Waals surface area (Å²) in [4.78, 5) is 20.7. The minimum Gasteiger partial charge on any atom is -0.482 e. The van der Waals surface area contributed by atoms with Crippen molar-refractivity contribution >= 4 is 46.0 Å². The Morgan fingerprint density at radius 1 is 1.12 bits per heavy atom. The van der Waals surface area contributed by atoms with E-state index < -0.39 is 0 Å². The number of amides is 1. The molecule has 2 heterocycles. The number of nitrogens with one attached hydrogen (secondary N) is 2. The fourth-order valence-corrected chi connectivity index (χ4v) is 3.54. The molecule has 0 saturated carbocycles. The van der Waals surface area contributed by atoms with Gasteiger partial charge in [-0.1, -0.05) is 35.3 Å². The molecule has 0 fully saturated rings. The third kappa shape index (κ3) is 5.88. The predicted octanol–water partition coefficient (Wildman–Crippen LogP) is 4.08. The van der Waals surface area contributed by atoms with E-state index in [2.05, 4.69) is 25.7 Å². The van der Waals surface area contributed by atoms with E-state index in [0.717, 1.165) is 10.9 Å². The average molecular weight is 489 g/mol. The molecule has 170 valence electrons. The number of ether oxygens (including phenoxy) is 1. The van der Waals surface area contributed by atoms with E-state index >= 15 is 0 Å². The Bertz CT molecular complexity index is 1270. The van der Waals surface area contributed by atoms with E-state index in [4.69, 9.17) is 27.9 Å². The number of rotatable bonds is 9. The lowest BCUT2D eigenvalue weighted by atomic mass is 10.2. The van der Waals surface area contributed by atoms with E-state index in [-0.39, 0.29) is 18.3 Å². The molecule has 0 atom stereocenters. The summed E-state index contributed by atoms with van der Waals surface area (Å²) in [5.74, 6) is 0.421. The van der Waals surface area contributed by atoms with Gasteiger partial charge < -0.3 is 15.4 Å². The first kappa shape index (κ1) is 22.8. The molecular formula is C22H19Cl2FN6O2. The van der Waals surface area contributed by atoms with Crippen LogP contribution in [-0.2, 0) is 17.9 Å². The Kier molecular flexibility index (Phi) is 7.21. The SMILES string of the molecule is O=C(COc1ccc(Cl)cc1Cl)NCCn1ncc2c(NCc3ccc(F)cc3)ncnc21. The molecule has 0 radical (unpaired) electrons. The molecule has 1 amide bonds. The van der Waals surface area contributed by atoms with Crippen LogP contribution < -0.4 is 15.4 Å². The monoisotopic (exact) mass is 488 g/mol. The van der Waals surface area contributed by atoms with Crippen LogP contribution >= 0.6 is 23.2 Å². The van der Waals surface area contributed by atoms with Crippen molar-refractivity contribution in [3.05, 3.63) is 76.4 Å². The second-order valence-electron chi connectivity index (χ2n) is 7.02. The summed E-state index contributed by atoms with van der Waals surface area (Å²) in [5.41, 5.74) is 1.55. The van der Waals surface area contributed by atoms with Crippen LogP contribution in [0.2, 0.25) is 10.0 Å². The molecule has 0 aliphatic rings. The summed E-state index contributed by atoms with van der Waals surface area (Å²) >= 11 is 11.9. The third-order valence-electron chi connectivity index (χ3n) is 4.71. The number of nitrogens with zero attached hydrogens (tertiary/aromatic N) is 4. The average Bonchev–Trinajstić information content (AvgIpc) is 3.22. The molecule has 4 rings (SSSR count). The van der Waals surface area contributed by atoms with Gasteiger partial charge >= 0.3 is 0 Å². The molecule has 4 aromatic rings. The highest BCUT2D eigenvalue weighted by atomic mass is 35.5. The van der Waals surface area contributed by atoms with Gasteiger partial charge in [0.25, 0.3) is 5.91 Å². The van der Waals surface area contributed by atoms with Crippen LogP contribution in [0.1, 0.15) is 5.56 Å². The first-order valence-corrected chi connectivity index (χ1v) is 10.7. The maximum Gasteiger partial charge on any atom is 0.258 e. The van der Waals surface area contributed by atoms with Crippen LogP contribution in [0.4, 0.5) is 10.2 Å². The van der Waals surface area contributed by atoms with Gasteiger partial charge in [-0.05, 0) is 35.9 Å². The lowest BCUT2D eigenvalue weighted by Crippen LogP contribution is -2.31. The van der Waals surface area contributed by atoms with E-state index in [1.807, 2.05) is 0 Å². The summed E-state index contributed by atoms with van der Waals surface area (Å²) in [5, 5.41) is 11.9. The maximum atomic E-state index is 13.1. The number of fused-ring (bicyclic) bond motifs is 1. The summed E-state index contributed by atoms with van der Waals surface area (Å²) in [6.07, 6.45) is 3.10. The van der Waals surface area contributed by atoms with E-state index in [1.54, 1.807) is 41.2 Å². The lowest BCUT2D eigenvalue weighted by Gasteiger charge is -2.09. The Morgan fingerprint density at radius 2 is 1.94 bits per heavy atom. The van der Waals surface area contributed by atoms with Gasteiger partial charge in [-0.3, -0.25) is 4.79 Å². The second-order valence-corrected chi connectivity index (χ2v) is 7.86. The fourth-order valence-electron chi connectivity index (χ4n) is 3.07. The lowest BCUT2D eigenvalue weighted by molar-refractivity contribution is -0.123.